The van der Waals surface area contributed by atoms with Crippen LogP contribution in [0.1, 0.15) is 0 Å². The first-order valence-corrected chi connectivity index (χ1v) is 17.5. The second-order valence-electron chi connectivity index (χ2n) is 12.6. The molecule has 0 saturated heterocycles. The van der Waals surface area contributed by atoms with E-state index in [9.17, 15) is 0 Å². The molecule has 0 aliphatic carbocycles. The van der Waals surface area contributed by atoms with Crippen molar-refractivity contribution in [2.45, 2.75) is 0 Å². The van der Waals surface area contributed by atoms with Gasteiger partial charge in [-0.1, -0.05) is 109 Å². The Labute approximate surface area is 288 Å². The highest BCUT2D eigenvalue weighted by Gasteiger charge is 2.19. The monoisotopic (exact) mass is 642 g/mol. The number of hydrogen-bond acceptors (Lipinski definition) is 2. The van der Waals surface area contributed by atoms with Crippen LogP contribution < -0.4 is 4.90 Å². The van der Waals surface area contributed by atoms with Crippen LogP contribution in [0.4, 0.5) is 17.1 Å². The van der Waals surface area contributed by atoms with E-state index in [4.69, 9.17) is 0 Å². The van der Waals surface area contributed by atoms with Gasteiger partial charge in [0.15, 0.2) is 0 Å². The van der Waals surface area contributed by atoms with Gasteiger partial charge in [-0.15, -0.1) is 11.3 Å². The summed E-state index contributed by atoms with van der Waals surface area (Å²) in [6, 6.07) is 66.2. The first-order valence-electron chi connectivity index (χ1n) is 16.7. The first-order chi connectivity index (χ1) is 24.3. The average molecular weight is 643 g/mol. The van der Waals surface area contributed by atoms with Crippen molar-refractivity contribution < 1.29 is 0 Å². The molecule has 10 rings (SSSR count). The Bertz CT molecular complexity index is 2830. The molecule has 0 radical (unpaired) electrons. The maximum Gasteiger partial charge on any atom is 0.0542 e. The molecule has 0 unspecified atom stereocenters. The van der Waals surface area contributed by atoms with Crippen LogP contribution in [0.15, 0.2) is 182 Å². The minimum Gasteiger partial charge on any atom is -0.310 e. The SMILES string of the molecule is c1ccc(-c2cccc(N(c3ccc4c(ccc5sc6ccccc6c54)c3)c3ccc4c(c3)c3ccccc3n4-c3ccccc3)c2)cc1. The van der Waals surface area contributed by atoms with Gasteiger partial charge in [0.1, 0.15) is 0 Å². The Balaban J connectivity index is 1.21. The van der Waals surface area contributed by atoms with Crippen molar-refractivity contribution in [2.75, 3.05) is 4.90 Å². The van der Waals surface area contributed by atoms with Gasteiger partial charge in [0, 0.05) is 53.7 Å². The third kappa shape index (κ3) is 4.55. The molecule has 49 heavy (non-hydrogen) atoms. The fraction of sp³-hybridized carbons (Fsp3) is 0. The molecule has 0 aliphatic heterocycles. The van der Waals surface area contributed by atoms with Crippen LogP contribution in [-0.2, 0) is 0 Å². The Kier molecular flexibility index (Phi) is 6.39. The fourth-order valence-corrected chi connectivity index (χ4v) is 8.66. The Morgan fingerprint density at radius 1 is 0.388 bits per heavy atom. The van der Waals surface area contributed by atoms with Gasteiger partial charge in [0.2, 0.25) is 0 Å². The maximum atomic E-state index is 2.41. The van der Waals surface area contributed by atoms with Gasteiger partial charge in [-0.3, -0.25) is 0 Å². The van der Waals surface area contributed by atoms with Crippen LogP contribution in [-0.4, -0.2) is 4.57 Å². The van der Waals surface area contributed by atoms with E-state index >= 15 is 0 Å². The lowest BCUT2D eigenvalue weighted by atomic mass is 10.0. The largest absolute Gasteiger partial charge is 0.310 e. The zero-order valence-electron chi connectivity index (χ0n) is 26.6. The van der Waals surface area contributed by atoms with Crippen LogP contribution in [0.5, 0.6) is 0 Å². The molecule has 0 amide bonds. The summed E-state index contributed by atoms with van der Waals surface area (Å²) in [6.45, 7) is 0. The van der Waals surface area contributed by atoms with Crippen molar-refractivity contribution in [2.24, 2.45) is 0 Å². The summed E-state index contributed by atoms with van der Waals surface area (Å²) in [7, 11) is 0. The molecular weight excluding hydrogens is 613 g/mol. The summed E-state index contributed by atoms with van der Waals surface area (Å²) in [5.74, 6) is 0. The minimum atomic E-state index is 1.12. The standard InChI is InChI=1S/C46H30N2S/c1-3-12-31(13-4-1)32-14-11-17-35(28-32)47(36-23-25-38-33(29-36)22-27-45-46(38)40-19-8-10-21-44(40)49-45)37-24-26-43-41(30-37)39-18-7-9-20-42(39)48(43)34-15-5-2-6-16-34/h1-30H. The van der Waals surface area contributed by atoms with E-state index in [-0.39, 0.29) is 0 Å². The highest BCUT2D eigenvalue weighted by molar-refractivity contribution is 7.26. The summed E-state index contributed by atoms with van der Waals surface area (Å²) >= 11 is 1.87. The van der Waals surface area contributed by atoms with Gasteiger partial charge in [-0.2, -0.15) is 0 Å². The van der Waals surface area contributed by atoms with Crippen molar-refractivity contribution in [1.29, 1.82) is 0 Å². The normalized spacial score (nSPS) is 11.7. The third-order valence-corrected chi connectivity index (χ3v) is 10.9. The average Bonchev–Trinajstić information content (AvgIpc) is 3.72. The van der Waals surface area contributed by atoms with E-state index in [1.165, 1.54) is 63.9 Å². The number of thiophene rings is 1. The molecule has 0 fully saturated rings. The van der Waals surface area contributed by atoms with Gasteiger partial charge in [-0.05, 0) is 94.7 Å². The molecule has 230 valence electrons. The van der Waals surface area contributed by atoms with E-state index in [2.05, 4.69) is 191 Å². The van der Waals surface area contributed by atoms with Crippen LogP contribution in [0.25, 0.3) is 69.6 Å². The first kappa shape index (κ1) is 27.9. The Hall–Kier alpha value is -6.16. The smallest absolute Gasteiger partial charge is 0.0542 e. The molecule has 0 aliphatic rings. The quantitative estimate of drug-likeness (QED) is 0.181. The van der Waals surface area contributed by atoms with Crippen molar-refractivity contribution >= 4 is 81.1 Å². The third-order valence-electron chi connectivity index (χ3n) is 9.74. The highest BCUT2D eigenvalue weighted by atomic mass is 32.1. The minimum absolute atomic E-state index is 1.12. The van der Waals surface area contributed by atoms with E-state index in [0.717, 1.165) is 22.7 Å². The molecule has 10 aromatic rings. The second-order valence-corrected chi connectivity index (χ2v) is 13.7. The fourth-order valence-electron chi connectivity index (χ4n) is 7.54. The predicted molar refractivity (Wildman–Crippen MR) is 211 cm³/mol. The zero-order valence-corrected chi connectivity index (χ0v) is 27.4. The summed E-state index contributed by atoms with van der Waals surface area (Å²) < 4.78 is 5.03. The van der Waals surface area contributed by atoms with Crippen molar-refractivity contribution in [3.8, 4) is 16.8 Å². The molecule has 0 atom stereocenters. The van der Waals surface area contributed by atoms with E-state index in [0.29, 0.717) is 0 Å². The Morgan fingerprint density at radius 3 is 1.94 bits per heavy atom. The molecule has 3 heteroatoms. The summed E-state index contributed by atoms with van der Waals surface area (Å²) in [5.41, 5.74) is 9.32. The Morgan fingerprint density at radius 2 is 1.06 bits per heavy atom. The molecule has 0 spiro atoms. The lowest BCUT2D eigenvalue weighted by Crippen LogP contribution is -2.10. The number of rotatable bonds is 5. The molecule has 2 heterocycles. The molecular formula is C46H30N2S. The van der Waals surface area contributed by atoms with E-state index in [1.807, 2.05) is 11.3 Å². The predicted octanol–water partition coefficient (Wildman–Crippen LogP) is 13.4. The summed E-state index contributed by atoms with van der Waals surface area (Å²) in [5, 5.41) is 7.67. The van der Waals surface area contributed by atoms with Gasteiger partial charge >= 0.3 is 0 Å². The van der Waals surface area contributed by atoms with Crippen LogP contribution in [0.3, 0.4) is 0 Å². The molecule has 0 N–H and O–H groups in total. The number of nitrogens with zero attached hydrogens (tertiary/aromatic N) is 2. The topological polar surface area (TPSA) is 8.17 Å². The lowest BCUT2D eigenvalue weighted by Gasteiger charge is -2.27. The molecule has 2 aromatic heterocycles. The number of benzene rings is 8. The lowest BCUT2D eigenvalue weighted by molar-refractivity contribution is 1.18. The number of anilines is 3. The van der Waals surface area contributed by atoms with Crippen molar-refractivity contribution in [1.82, 2.24) is 4.57 Å². The van der Waals surface area contributed by atoms with Gasteiger partial charge in [0.05, 0.1) is 11.0 Å². The zero-order chi connectivity index (χ0) is 32.3. The van der Waals surface area contributed by atoms with Crippen molar-refractivity contribution in [3.05, 3.63) is 182 Å². The molecule has 8 aromatic carbocycles. The number of fused-ring (bicyclic) bond motifs is 8. The van der Waals surface area contributed by atoms with E-state index in [1.54, 1.807) is 0 Å². The van der Waals surface area contributed by atoms with Crippen LogP contribution in [0.2, 0.25) is 0 Å². The van der Waals surface area contributed by atoms with Crippen LogP contribution >= 0.6 is 11.3 Å². The maximum absolute atomic E-state index is 2.41. The van der Waals surface area contributed by atoms with Crippen molar-refractivity contribution in [3.63, 3.8) is 0 Å². The van der Waals surface area contributed by atoms with Gasteiger partial charge in [-0.25, -0.2) is 0 Å². The van der Waals surface area contributed by atoms with E-state index < -0.39 is 0 Å². The molecule has 2 nitrogen and oxygen atoms in total. The number of hydrogen-bond donors (Lipinski definition) is 0. The summed E-state index contributed by atoms with van der Waals surface area (Å²) in [6.07, 6.45) is 0. The number of aromatic nitrogens is 1. The molecule has 0 bridgehead atoms. The number of para-hydroxylation sites is 2. The van der Waals surface area contributed by atoms with Gasteiger partial charge < -0.3 is 9.47 Å². The highest BCUT2D eigenvalue weighted by Crippen LogP contribution is 2.43. The second kappa shape index (κ2) is 11.2. The molecule has 0 saturated carbocycles. The van der Waals surface area contributed by atoms with Gasteiger partial charge in [0.25, 0.3) is 0 Å². The van der Waals surface area contributed by atoms with Crippen LogP contribution in [0, 0.1) is 0 Å². The summed E-state index contributed by atoms with van der Waals surface area (Å²) in [4.78, 5) is 2.41.